The van der Waals surface area contributed by atoms with Crippen molar-refractivity contribution in [3.8, 4) is 0 Å². The maximum Gasteiger partial charge on any atom is 0.0645 e. The standard InChI is InChI=1S/C9H10O/c10-4-5-3-8-6-1-2-7(6)9(5)8/h1-3,6-10H,4H2. The van der Waals surface area contributed by atoms with E-state index in [-0.39, 0.29) is 6.61 Å². The highest BCUT2D eigenvalue weighted by atomic mass is 16.3. The van der Waals surface area contributed by atoms with Crippen molar-refractivity contribution < 1.29 is 5.11 Å². The van der Waals surface area contributed by atoms with Crippen LogP contribution in [0.25, 0.3) is 0 Å². The van der Waals surface area contributed by atoms with Crippen molar-refractivity contribution in [2.75, 3.05) is 6.61 Å². The fraction of sp³-hybridized carbons (Fsp3) is 0.556. The van der Waals surface area contributed by atoms with E-state index >= 15 is 0 Å². The van der Waals surface area contributed by atoms with Gasteiger partial charge in [0, 0.05) is 0 Å². The molecule has 0 aromatic rings. The molecule has 0 radical (unpaired) electrons. The maximum absolute atomic E-state index is 8.84. The third kappa shape index (κ3) is 0.333. The number of allylic oxidation sites excluding steroid dienone is 3. The Morgan fingerprint density at radius 2 is 2.00 bits per heavy atom. The van der Waals surface area contributed by atoms with Gasteiger partial charge in [-0.25, -0.2) is 0 Å². The minimum absolute atomic E-state index is 0.290. The summed E-state index contributed by atoms with van der Waals surface area (Å²) >= 11 is 0. The molecule has 0 aromatic heterocycles. The molecule has 3 rings (SSSR count). The van der Waals surface area contributed by atoms with E-state index < -0.39 is 0 Å². The number of aliphatic hydroxyl groups is 1. The summed E-state index contributed by atoms with van der Waals surface area (Å²) < 4.78 is 0. The summed E-state index contributed by atoms with van der Waals surface area (Å²) in [5.74, 6) is 3.24. The number of hydrogen-bond acceptors (Lipinski definition) is 1. The Labute approximate surface area is 60.1 Å². The molecule has 52 valence electrons. The molecule has 0 spiro atoms. The van der Waals surface area contributed by atoms with Crippen LogP contribution in [-0.2, 0) is 0 Å². The summed E-state index contributed by atoms with van der Waals surface area (Å²) in [6.45, 7) is 0.290. The van der Waals surface area contributed by atoms with E-state index in [0.29, 0.717) is 0 Å². The minimum atomic E-state index is 0.290. The zero-order chi connectivity index (χ0) is 6.72. The number of fused-ring (bicyclic) bond motifs is 4. The van der Waals surface area contributed by atoms with Crippen LogP contribution in [0.5, 0.6) is 0 Å². The van der Waals surface area contributed by atoms with Crippen molar-refractivity contribution in [1.29, 1.82) is 0 Å². The molecule has 1 heteroatoms. The molecule has 1 N–H and O–H groups in total. The van der Waals surface area contributed by atoms with Gasteiger partial charge >= 0.3 is 0 Å². The van der Waals surface area contributed by atoms with Crippen LogP contribution in [0, 0.1) is 23.7 Å². The molecule has 0 aromatic carbocycles. The van der Waals surface area contributed by atoms with Crippen molar-refractivity contribution in [1.82, 2.24) is 0 Å². The number of aliphatic hydroxyl groups excluding tert-OH is 1. The lowest BCUT2D eigenvalue weighted by Crippen LogP contribution is -2.54. The molecule has 0 aliphatic heterocycles. The minimum Gasteiger partial charge on any atom is -0.392 e. The number of rotatable bonds is 1. The average molecular weight is 134 g/mol. The average Bonchev–Trinajstić information content (AvgIpc) is 1.89. The summed E-state index contributed by atoms with van der Waals surface area (Å²) in [6.07, 6.45) is 6.83. The first-order chi connectivity index (χ1) is 4.92. The summed E-state index contributed by atoms with van der Waals surface area (Å²) in [5.41, 5.74) is 1.29. The maximum atomic E-state index is 8.84. The van der Waals surface area contributed by atoms with Crippen molar-refractivity contribution in [2.45, 2.75) is 0 Å². The Kier molecular flexibility index (Phi) is 0.706. The fourth-order valence-electron chi connectivity index (χ4n) is 2.57. The molecule has 0 amide bonds. The first-order valence-corrected chi connectivity index (χ1v) is 3.91. The Morgan fingerprint density at radius 3 is 2.50 bits per heavy atom. The van der Waals surface area contributed by atoms with Crippen molar-refractivity contribution in [2.24, 2.45) is 23.7 Å². The Hall–Kier alpha value is -0.560. The van der Waals surface area contributed by atoms with E-state index in [4.69, 9.17) is 5.11 Å². The second-order valence-electron chi connectivity index (χ2n) is 3.54. The van der Waals surface area contributed by atoms with Gasteiger partial charge in [-0.05, 0) is 29.2 Å². The summed E-state index contributed by atoms with van der Waals surface area (Å²) in [7, 11) is 0. The fourth-order valence-corrected chi connectivity index (χ4v) is 2.57. The highest BCUT2D eigenvalue weighted by Crippen LogP contribution is 2.62. The molecular weight excluding hydrogens is 124 g/mol. The van der Waals surface area contributed by atoms with E-state index in [1.807, 2.05) is 0 Å². The molecule has 0 bridgehead atoms. The molecule has 3 aliphatic rings. The van der Waals surface area contributed by atoms with Crippen LogP contribution in [0.3, 0.4) is 0 Å². The largest absolute Gasteiger partial charge is 0.392 e. The topological polar surface area (TPSA) is 20.2 Å². The smallest absolute Gasteiger partial charge is 0.0645 e. The second-order valence-corrected chi connectivity index (χ2v) is 3.54. The highest BCUT2D eigenvalue weighted by molar-refractivity contribution is 5.40. The lowest BCUT2D eigenvalue weighted by Gasteiger charge is -2.60. The van der Waals surface area contributed by atoms with E-state index in [2.05, 4.69) is 18.2 Å². The molecule has 0 heterocycles. The third-order valence-electron chi connectivity index (χ3n) is 3.29. The quantitative estimate of drug-likeness (QED) is 0.530. The van der Waals surface area contributed by atoms with Gasteiger partial charge in [-0.1, -0.05) is 18.2 Å². The zero-order valence-electron chi connectivity index (χ0n) is 5.70. The van der Waals surface area contributed by atoms with E-state index in [1.165, 1.54) is 5.57 Å². The Morgan fingerprint density at radius 1 is 1.20 bits per heavy atom. The SMILES string of the molecule is OCC1=CC2C3C=CC3C12. The van der Waals surface area contributed by atoms with Gasteiger partial charge < -0.3 is 5.11 Å². The lowest BCUT2D eigenvalue weighted by atomic mass is 9.44. The van der Waals surface area contributed by atoms with E-state index in [9.17, 15) is 0 Å². The van der Waals surface area contributed by atoms with Crippen molar-refractivity contribution >= 4 is 0 Å². The molecule has 1 fully saturated rings. The zero-order valence-corrected chi connectivity index (χ0v) is 5.70. The predicted octanol–water partition coefficient (Wildman–Crippen LogP) is 0.967. The Balaban J connectivity index is 1.89. The summed E-state index contributed by atoms with van der Waals surface area (Å²) in [6, 6.07) is 0. The molecular formula is C9H10O. The third-order valence-corrected chi connectivity index (χ3v) is 3.29. The molecule has 10 heavy (non-hydrogen) atoms. The van der Waals surface area contributed by atoms with Crippen LogP contribution in [0.1, 0.15) is 0 Å². The van der Waals surface area contributed by atoms with Crippen LogP contribution < -0.4 is 0 Å². The lowest BCUT2D eigenvalue weighted by molar-refractivity contribution is 0.0432. The van der Waals surface area contributed by atoms with Gasteiger partial charge in [0.05, 0.1) is 6.61 Å². The van der Waals surface area contributed by atoms with Gasteiger partial charge in [-0.2, -0.15) is 0 Å². The molecule has 4 unspecified atom stereocenters. The van der Waals surface area contributed by atoms with Gasteiger partial charge in [0.25, 0.3) is 0 Å². The van der Waals surface area contributed by atoms with Gasteiger partial charge in [-0.15, -0.1) is 0 Å². The normalized spacial score (nSPS) is 53.1. The molecule has 0 saturated heterocycles. The van der Waals surface area contributed by atoms with Crippen LogP contribution in [-0.4, -0.2) is 11.7 Å². The molecule has 1 saturated carbocycles. The monoisotopic (exact) mass is 134 g/mol. The summed E-state index contributed by atoms with van der Waals surface area (Å²) in [5, 5.41) is 8.84. The van der Waals surface area contributed by atoms with Gasteiger partial charge in [0.15, 0.2) is 0 Å². The van der Waals surface area contributed by atoms with Crippen molar-refractivity contribution in [3.05, 3.63) is 23.8 Å². The van der Waals surface area contributed by atoms with Crippen LogP contribution in [0.2, 0.25) is 0 Å². The Bertz CT molecular complexity index is 239. The first kappa shape index (κ1) is 5.14. The second kappa shape index (κ2) is 1.37. The first-order valence-electron chi connectivity index (χ1n) is 3.91. The predicted molar refractivity (Wildman–Crippen MR) is 38.3 cm³/mol. The van der Waals surface area contributed by atoms with Crippen LogP contribution >= 0.6 is 0 Å². The van der Waals surface area contributed by atoms with E-state index in [1.54, 1.807) is 0 Å². The van der Waals surface area contributed by atoms with Gasteiger partial charge in [-0.3, -0.25) is 0 Å². The highest BCUT2D eigenvalue weighted by Gasteiger charge is 2.56. The van der Waals surface area contributed by atoms with Crippen LogP contribution in [0.4, 0.5) is 0 Å². The summed E-state index contributed by atoms with van der Waals surface area (Å²) in [4.78, 5) is 0. The molecule has 1 nitrogen and oxygen atoms in total. The number of hydrogen-bond donors (Lipinski definition) is 1. The molecule has 3 aliphatic carbocycles. The van der Waals surface area contributed by atoms with Crippen molar-refractivity contribution in [3.63, 3.8) is 0 Å². The van der Waals surface area contributed by atoms with E-state index in [0.717, 1.165) is 23.7 Å². The molecule has 4 atom stereocenters. The van der Waals surface area contributed by atoms with Gasteiger partial charge in [0.2, 0.25) is 0 Å². The van der Waals surface area contributed by atoms with Gasteiger partial charge in [0.1, 0.15) is 0 Å². The van der Waals surface area contributed by atoms with Crippen LogP contribution in [0.15, 0.2) is 23.8 Å².